The molecule has 0 spiro atoms. The average molecular weight is 275 g/mol. The van der Waals surface area contributed by atoms with Crippen LogP contribution in [0.15, 0.2) is 12.3 Å². The largest absolute Gasteiger partial charge is 0.480 e. The summed E-state index contributed by atoms with van der Waals surface area (Å²) in [4.78, 5) is 22.6. The highest BCUT2D eigenvalue weighted by Crippen LogP contribution is 2.18. The predicted molar refractivity (Wildman–Crippen MR) is 65.8 cm³/mol. The number of aliphatic carboxylic acids is 1. The quantitative estimate of drug-likeness (QED) is 0.744. The molecule has 3 N–H and O–H groups in total. The summed E-state index contributed by atoms with van der Waals surface area (Å²) in [6.45, 7) is 3.07. The van der Waals surface area contributed by atoms with Gasteiger partial charge in [-0.05, 0) is 19.9 Å². The molecule has 0 radical (unpaired) electrons. The van der Waals surface area contributed by atoms with Crippen LogP contribution in [0.5, 0.6) is 0 Å². The van der Waals surface area contributed by atoms with Crippen molar-refractivity contribution in [2.45, 2.75) is 25.9 Å². The van der Waals surface area contributed by atoms with Crippen molar-refractivity contribution in [3.05, 3.63) is 23.0 Å². The van der Waals surface area contributed by atoms with Crippen molar-refractivity contribution in [1.29, 1.82) is 0 Å². The van der Waals surface area contributed by atoms with Crippen LogP contribution in [-0.4, -0.2) is 39.3 Å². The van der Waals surface area contributed by atoms with Crippen LogP contribution in [0.25, 0.3) is 0 Å². The fourth-order valence-electron chi connectivity index (χ4n) is 1.47. The summed E-state index contributed by atoms with van der Waals surface area (Å²) in [7, 11) is 0. The topological polar surface area (TPSA) is 91.6 Å². The van der Waals surface area contributed by atoms with Gasteiger partial charge in [-0.2, -0.15) is 0 Å². The Kier molecular flexibility index (Phi) is 4.75. The summed E-state index contributed by atoms with van der Waals surface area (Å²) in [6.07, 6.45) is 1.59. The molecule has 0 fully saturated rings. The Morgan fingerprint density at radius 1 is 1.50 bits per heavy atom. The third-order valence-corrected chi connectivity index (χ3v) is 2.60. The molecule has 18 heavy (non-hydrogen) atoms. The van der Waals surface area contributed by atoms with E-state index >= 15 is 0 Å². The summed E-state index contributed by atoms with van der Waals surface area (Å²) < 4.78 is 1.63. The summed E-state index contributed by atoms with van der Waals surface area (Å²) in [5.41, 5.74) is 0.259. The van der Waals surface area contributed by atoms with Gasteiger partial charge in [0.15, 0.2) is 6.04 Å². The van der Waals surface area contributed by atoms with Crippen LogP contribution in [-0.2, 0) is 4.79 Å². The zero-order chi connectivity index (χ0) is 13.9. The number of halogens is 1. The Balaban J connectivity index is 2.93. The van der Waals surface area contributed by atoms with Crippen LogP contribution in [0.4, 0.5) is 0 Å². The minimum absolute atomic E-state index is 0.00987. The number of carbonyl (C=O) groups is 2. The second-order valence-corrected chi connectivity index (χ2v) is 4.53. The molecule has 0 aliphatic heterocycles. The lowest BCUT2D eigenvalue weighted by atomic mass is 10.3. The predicted octanol–water partition coefficient (Wildman–Crippen LogP) is 0.898. The first-order valence-corrected chi connectivity index (χ1v) is 5.76. The van der Waals surface area contributed by atoms with Crippen LogP contribution in [0, 0.1) is 0 Å². The lowest BCUT2D eigenvalue weighted by molar-refractivity contribution is -0.140. The molecule has 0 saturated carbocycles. The highest BCUT2D eigenvalue weighted by atomic mass is 35.5. The van der Waals surface area contributed by atoms with Gasteiger partial charge in [0.1, 0.15) is 5.69 Å². The lowest BCUT2D eigenvalue weighted by Gasteiger charge is -2.15. The maximum Gasteiger partial charge on any atom is 0.328 e. The third kappa shape index (κ3) is 3.24. The standard InChI is InChI=1S/C11H15ClN2O4/c1-6(2)14-4-7(12)3-9(14)10(16)13-8(5-15)11(17)18/h3-4,6,8,15H,5H2,1-2H3,(H,13,16)(H,17,18)/t8-/m1/s1. The SMILES string of the molecule is CC(C)n1cc(Cl)cc1C(=O)N[C@H](CO)C(=O)O. The maximum absolute atomic E-state index is 11.9. The first-order chi connectivity index (χ1) is 8.36. The smallest absolute Gasteiger partial charge is 0.328 e. The number of nitrogens with zero attached hydrogens (tertiary/aromatic N) is 1. The van der Waals surface area contributed by atoms with Crippen LogP contribution in [0.2, 0.25) is 5.02 Å². The molecular formula is C11H15ClN2O4. The number of amides is 1. The van der Waals surface area contributed by atoms with Crippen LogP contribution >= 0.6 is 11.6 Å². The average Bonchev–Trinajstić information content (AvgIpc) is 2.67. The first kappa shape index (κ1) is 14.5. The third-order valence-electron chi connectivity index (χ3n) is 2.39. The fourth-order valence-corrected chi connectivity index (χ4v) is 1.68. The van der Waals surface area contributed by atoms with Gasteiger partial charge in [0.2, 0.25) is 0 Å². The zero-order valence-corrected chi connectivity index (χ0v) is 10.8. The fraction of sp³-hybridized carbons (Fsp3) is 0.455. The van der Waals surface area contributed by atoms with Crippen molar-refractivity contribution in [2.75, 3.05) is 6.61 Å². The Morgan fingerprint density at radius 3 is 2.56 bits per heavy atom. The van der Waals surface area contributed by atoms with E-state index in [2.05, 4.69) is 5.32 Å². The minimum atomic E-state index is -1.33. The van der Waals surface area contributed by atoms with Crippen LogP contribution in [0.3, 0.4) is 0 Å². The number of nitrogens with one attached hydrogen (secondary N) is 1. The molecule has 1 aromatic heterocycles. The van der Waals surface area contributed by atoms with E-state index in [1.807, 2.05) is 13.8 Å². The first-order valence-electron chi connectivity index (χ1n) is 5.38. The van der Waals surface area contributed by atoms with Crippen molar-refractivity contribution >= 4 is 23.5 Å². The van der Waals surface area contributed by atoms with Crippen molar-refractivity contribution in [3.63, 3.8) is 0 Å². The van der Waals surface area contributed by atoms with E-state index < -0.39 is 24.5 Å². The van der Waals surface area contributed by atoms with Crippen molar-refractivity contribution < 1.29 is 19.8 Å². The van der Waals surface area contributed by atoms with Gasteiger partial charge in [0.25, 0.3) is 5.91 Å². The number of hydrogen-bond donors (Lipinski definition) is 3. The van der Waals surface area contributed by atoms with Crippen LogP contribution in [0.1, 0.15) is 30.4 Å². The van der Waals surface area contributed by atoms with Gasteiger partial charge in [-0.25, -0.2) is 4.79 Å². The molecule has 1 rings (SSSR count). The molecule has 0 bridgehead atoms. The molecule has 100 valence electrons. The Hall–Kier alpha value is -1.53. The number of hydrogen-bond acceptors (Lipinski definition) is 3. The maximum atomic E-state index is 11.9. The lowest BCUT2D eigenvalue weighted by Crippen LogP contribution is -2.43. The molecule has 1 heterocycles. The van der Waals surface area contributed by atoms with Gasteiger partial charge in [-0.1, -0.05) is 11.6 Å². The number of aromatic nitrogens is 1. The molecule has 7 heteroatoms. The minimum Gasteiger partial charge on any atom is -0.480 e. The molecule has 0 saturated heterocycles. The van der Waals surface area contributed by atoms with Gasteiger partial charge in [0.05, 0.1) is 11.6 Å². The monoisotopic (exact) mass is 274 g/mol. The van der Waals surface area contributed by atoms with E-state index in [9.17, 15) is 9.59 Å². The van der Waals surface area contributed by atoms with E-state index in [1.54, 1.807) is 10.8 Å². The number of aliphatic hydroxyl groups excluding tert-OH is 1. The van der Waals surface area contributed by atoms with E-state index in [4.69, 9.17) is 21.8 Å². The number of carboxylic acids is 1. The summed E-state index contributed by atoms with van der Waals surface area (Å²) in [5, 5.41) is 20.2. The Labute approximate surface area is 109 Å². The highest BCUT2D eigenvalue weighted by molar-refractivity contribution is 6.31. The molecule has 1 atom stereocenters. The molecule has 0 aliphatic carbocycles. The van der Waals surface area contributed by atoms with Gasteiger partial charge in [-0.3, -0.25) is 4.79 Å². The van der Waals surface area contributed by atoms with E-state index in [-0.39, 0.29) is 11.7 Å². The molecule has 0 aromatic carbocycles. The molecule has 0 aliphatic rings. The summed E-state index contributed by atoms with van der Waals surface area (Å²) >= 11 is 5.82. The van der Waals surface area contributed by atoms with Gasteiger partial charge < -0.3 is 20.1 Å². The van der Waals surface area contributed by atoms with Crippen molar-refractivity contribution in [1.82, 2.24) is 9.88 Å². The molecule has 6 nitrogen and oxygen atoms in total. The van der Waals surface area contributed by atoms with E-state index in [1.165, 1.54) is 6.07 Å². The molecular weight excluding hydrogens is 260 g/mol. The molecule has 0 unspecified atom stereocenters. The normalized spacial score (nSPS) is 12.5. The van der Waals surface area contributed by atoms with Crippen molar-refractivity contribution in [2.24, 2.45) is 0 Å². The number of carbonyl (C=O) groups excluding carboxylic acids is 1. The Morgan fingerprint density at radius 2 is 2.11 bits per heavy atom. The highest BCUT2D eigenvalue weighted by Gasteiger charge is 2.22. The second-order valence-electron chi connectivity index (χ2n) is 4.09. The number of rotatable bonds is 5. The van der Waals surface area contributed by atoms with Gasteiger partial charge in [-0.15, -0.1) is 0 Å². The van der Waals surface area contributed by atoms with E-state index in [0.717, 1.165) is 0 Å². The van der Waals surface area contributed by atoms with Crippen molar-refractivity contribution in [3.8, 4) is 0 Å². The summed E-state index contributed by atoms with van der Waals surface area (Å²) in [5.74, 6) is -1.88. The zero-order valence-electron chi connectivity index (χ0n) is 10.1. The summed E-state index contributed by atoms with van der Waals surface area (Å²) in [6, 6.07) is 0.134. The van der Waals surface area contributed by atoms with Gasteiger partial charge in [0, 0.05) is 12.2 Å². The number of aliphatic hydroxyl groups is 1. The van der Waals surface area contributed by atoms with Crippen LogP contribution < -0.4 is 5.32 Å². The second kappa shape index (κ2) is 5.88. The Bertz CT molecular complexity index is 456. The van der Waals surface area contributed by atoms with Gasteiger partial charge >= 0.3 is 5.97 Å². The van der Waals surface area contributed by atoms with E-state index in [0.29, 0.717) is 5.02 Å². The molecule has 1 aromatic rings. The number of carboxylic acid groups (broad SMARTS) is 1. The molecule has 1 amide bonds.